The van der Waals surface area contributed by atoms with E-state index in [0.717, 1.165) is 12.8 Å². The number of nitrogens with zero attached hydrogens (tertiary/aromatic N) is 4. The number of anilines is 1. The lowest BCUT2D eigenvalue weighted by molar-refractivity contribution is -0.142. The van der Waals surface area contributed by atoms with Crippen LogP contribution >= 0.6 is 0 Å². The summed E-state index contributed by atoms with van der Waals surface area (Å²) in [5.74, 6) is -2.34. The lowest BCUT2D eigenvalue weighted by atomic mass is 9.94. The van der Waals surface area contributed by atoms with Gasteiger partial charge in [-0.1, -0.05) is 0 Å². The number of carbonyl (C=O) groups excluding carboxylic acids is 1. The smallest absolute Gasteiger partial charge is 0.293 e. The maximum Gasteiger partial charge on any atom is 0.293 e. The Bertz CT molecular complexity index is 729. The van der Waals surface area contributed by atoms with E-state index in [4.69, 9.17) is 0 Å². The first-order valence-electron chi connectivity index (χ1n) is 9.43. The molecule has 0 atom stereocenters. The molecule has 2 aliphatic heterocycles. The Morgan fingerprint density at radius 1 is 1.08 bits per heavy atom. The van der Waals surface area contributed by atoms with E-state index >= 15 is 0 Å². The minimum Gasteiger partial charge on any atom is -0.352 e. The molecular weight excluding hydrogens is 342 g/mol. The Balaban J connectivity index is 1.36. The number of hydrogen-bond acceptors (Lipinski definition) is 4. The van der Waals surface area contributed by atoms with Crippen LogP contribution in [0.3, 0.4) is 0 Å². The number of piperidine rings is 2. The summed E-state index contributed by atoms with van der Waals surface area (Å²) in [6, 6.07) is 0.306. The van der Waals surface area contributed by atoms with Crippen LogP contribution < -0.4 is 10.5 Å². The average molecular weight is 366 g/mol. The highest BCUT2D eigenvalue weighted by Crippen LogP contribution is 2.34. The molecule has 8 heteroatoms. The van der Waals surface area contributed by atoms with Gasteiger partial charge in [-0.25, -0.2) is 13.8 Å². The molecule has 0 bridgehead atoms. The second-order valence-electron chi connectivity index (χ2n) is 7.64. The van der Waals surface area contributed by atoms with Crippen molar-refractivity contribution in [2.45, 2.75) is 50.5 Å². The maximum atomic E-state index is 13.3. The molecule has 0 unspecified atom stereocenters. The fourth-order valence-electron chi connectivity index (χ4n) is 3.92. The van der Waals surface area contributed by atoms with Crippen LogP contribution in [0.4, 0.5) is 14.6 Å². The van der Waals surface area contributed by atoms with Gasteiger partial charge in [-0.15, -0.1) is 0 Å². The standard InChI is InChI=1S/C18H24F2N4O2/c19-18(20)5-10-23(11-6-18)16(25)13-3-8-22(9-4-13)15-17(26)24(12-7-21-15)14-1-2-14/h7,12-14H,1-6,8-11H2. The average Bonchev–Trinajstić information content (AvgIpc) is 3.47. The quantitative estimate of drug-likeness (QED) is 0.822. The van der Waals surface area contributed by atoms with Gasteiger partial charge in [0, 0.05) is 63.4 Å². The molecule has 1 amide bonds. The zero-order valence-corrected chi connectivity index (χ0v) is 14.7. The van der Waals surface area contributed by atoms with Gasteiger partial charge in [-0.3, -0.25) is 9.59 Å². The van der Waals surface area contributed by atoms with Crippen molar-refractivity contribution in [3.8, 4) is 0 Å². The van der Waals surface area contributed by atoms with Gasteiger partial charge < -0.3 is 14.4 Å². The summed E-state index contributed by atoms with van der Waals surface area (Å²) in [4.78, 5) is 33.0. The van der Waals surface area contributed by atoms with Gasteiger partial charge in [0.2, 0.25) is 5.91 Å². The minimum absolute atomic E-state index is 0.0171. The second kappa shape index (κ2) is 6.63. The van der Waals surface area contributed by atoms with Crippen molar-refractivity contribution >= 4 is 11.7 Å². The maximum absolute atomic E-state index is 13.3. The van der Waals surface area contributed by atoms with E-state index in [1.807, 2.05) is 4.90 Å². The van der Waals surface area contributed by atoms with Crippen LogP contribution in [0.5, 0.6) is 0 Å². The highest BCUT2D eigenvalue weighted by molar-refractivity contribution is 5.79. The third-order valence-electron chi connectivity index (χ3n) is 5.74. The lowest BCUT2D eigenvalue weighted by Crippen LogP contribution is -2.48. The molecule has 26 heavy (non-hydrogen) atoms. The number of likely N-dealkylation sites (tertiary alicyclic amines) is 1. The van der Waals surface area contributed by atoms with Crippen LogP contribution in [-0.2, 0) is 4.79 Å². The summed E-state index contributed by atoms with van der Waals surface area (Å²) in [5, 5.41) is 0. The van der Waals surface area contributed by atoms with E-state index in [0.29, 0.717) is 37.8 Å². The van der Waals surface area contributed by atoms with Gasteiger partial charge in [0.1, 0.15) is 0 Å². The zero-order valence-electron chi connectivity index (χ0n) is 14.7. The molecule has 0 radical (unpaired) electrons. The number of carbonyl (C=O) groups is 1. The molecule has 1 aliphatic carbocycles. The molecule has 1 saturated carbocycles. The van der Waals surface area contributed by atoms with E-state index in [2.05, 4.69) is 4.98 Å². The monoisotopic (exact) mass is 366 g/mol. The van der Waals surface area contributed by atoms with Crippen molar-refractivity contribution in [1.82, 2.24) is 14.5 Å². The molecule has 0 aromatic carbocycles. The lowest BCUT2D eigenvalue weighted by Gasteiger charge is -2.37. The van der Waals surface area contributed by atoms with Crippen LogP contribution in [0.25, 0.3) is 0 Å². The fourth-order valence-corrected chi connectivity index (χ4v) is 3.92. The number of halogens is 2. The van der Waals surface area contributed by atoms with Gasteiger partial charge >= 0.3 is 0 Å². The van der Waals surface area contributed by atoms with Crippen LogP contribution in [-0.4, -0.2) is 52.5 Å². The first-order valence-corrected chi connectivity index (χ1v) is 9.43. The number of aromatic nitrogens is 2. The summed E-state index contributed by atoms with van der Waals surface area (Å²) in [6.07, 6.45) is 6.25. The van der Waals surface area contributed by atoms with Crippen molar-refractivity contribution in [3.05, 3.63) is 22.7 Å². The van der Waals surface area contributed by atoms with Crippen LogP contribution in [0.2, 0.25) is 0 Å². The number of alkyl halides is 2. The molecule has 4 rings (SSSR count). The Kier molecular flexibility index (Phi) is 4.44. The molecule has 142 valence electrons. The second-order valence-corrected chi connectivity index (χ2v) is 7.64. The van der Waals surface area contributed by atoms with Crippen molar-refractivity contribution in [3.63, 3.8) is 0 Å². The topological polar surface area (TPSA) is 58.4 Å². The van der Waals surface area contributed by atoms with Crippen molar-refractivity contribution in [2.75, 3.05) is 31.1 Å². The predicted octanol–water partition coefficient (Wildman–Crippen LogP) is 2.05. The number of amides is 1. The SMILES string of the molecule is O=C(C1CCN(c2nccn(C3CC3)c2=O)CC1)N1CCC(F)(F)CC1. The summed E-state index contributed by atoms with van der Waals surface area (Å²) in [7, 11) is 0. The normalized spacial score (nSPS) is 23.9. The Hall–Kier alpha value is -1.99. The van der Waals surface area contributed by atoms with Crippen LogP contribution in [0.1, 0.15) is 44.6 Å². The molecule has 3 aliphatic rings. The van der Waals surface area contributed by atoms with Crippen molar-refractivity contribution in [1.29, 1.82) is 0 Å². The molecule has 0 N–H and O–H groups in total. The predicted molar refractivity (Wildman–Crippen MR) is 92.5 cm³/mol. The van der Waals surface area contributed by atoms with E-state index in [9.17, 15) is 18.4 Å². The number of hydrogen-bond donors (Lipinski definition) is 0. The van der Waals surface area contributed by atoms with Gasteiger partial charge in [0.15, 0.2) is 5.82 Å². The Morgan fingerprint density at radius 2 is 1.73 bits per heavy atom. The molecule has 3 fully saturated rings. The zero-order chi connectivity index (χ0) is 18.3. The summed E-state index contributed by atoms with van der Waals surface area (Å²) < 4.78 is 28.3. The Morgan fingerprint density at radius 3 is 2.35 bits per heavy atom. The molecule has 3 heterocycles. The van der Waals surface area contributed by atoms with E-state index in [1.54, 1.807) is 21.9 Å². The van der Waals surface area contributed by atoms with Crippen molar-refractivity contribution < 1.29 is 13.6 Å². The summed E-state index contributed by atoms with van der Waals surface area (Å²) in [5.41, 5.74) is -0.0574. The minimum atomic E-state index is -2.64. The first kappa shape index (κ1) is 17.4. The van der Waals surface area contributed by atoms with Crippen molar-refractivity contribution in [2.24, 2.45) is 5.92 Å². The van der Waals surface area contributed by atoms with Gasteiger partial charge in [-0.05, 0) is 25.7 Å². The largest absolute Gasteiger partial charge is 0.352 e. The third kappa shape index (κ3) is 3.46. The third-order valence-corrected chi connectivity index (χ3v) is 5.74. The molecule has 2 saturated heterocycles. The van der Waals surface area contributed by atoms with Crippen LogP contribution in [0, 0.1) is 5.92 Å². The molecule has 0 spiro atoms. The molecule has 1 aromatic rings. The van der Waals surface area contributed by atoms with Crippen LogP contribution in [0.15, 0.2) is 17.2 Å². The molecule has 1 aromatic heterocycles. The van der Waals surface area contributed by atoms with E-state index < -0.39 is 5.92 Å². The summed E-state index contributed by atoms with van der Waals surface area (Å²) >= 11 is 0. The highest BCUT2D eigenvalue weighted by Gasteiger charge is 2.38. The van der Waals surface area contributed by atoms with Gasteiger partial charge in [0.05, 0.1) is 0 Å². The summed E-state index contributed by atoms with van der Waals surface area (Å²) in [6.45, 7) is 1.46. The van der Waals surface area contributed by atoms with Gasteiger partial charge in [-0.2, -0.15) is 0 Å². The highest BCUT2D eigenvalue weighted by atomic mass is 19.3. The first-order chi connectivity index (χ1) is 12.4. The molecular formula is C18H24F2N4O2. The number of rotatable bonds is 3. The van der Waals surface area contributed by atoms with Gasteiger partial charge in [0.25, 0.3) is 11.5 Å². The van der Waals surface area contributed by atoms with E-state index in [-0.39, 0.29) is 43.3 Å². The molecule has 6 nitrogen and oxygen atoms in total. The Labute approximate surface area is 150 Å². The fraction of sp³-hybridized carbons (Fsp3) is 0.722. The van der Waals surface area contributed by atoms with E-state index in [1.165, 1.54) is 0 Å².